The summed E-state index contributed by atoms with van der Waals surface area (Å²) in [6.45, 7) is 5.43. The normalized spacial score (nSPS) is 12.7. The Hall–Kier alpha value is -0.470. The zero-order valence-electron chi connectivity index (χ0n) is 10.6. The van der Waals surface area contributed by atoms with Crippen molar-refractivity contribution in [2.75, 3.05) is 18.6 Å². The summed E-state index contributed by atoms with van der Waals surface area (Å²) in [7, 11) is 0. The summed E-state index contributed by atoms with van der Waals surface area (Å²) in [4.78, 5) is 0. The molecule has 1 aromatic carbocycles. The first-order valence-electron chi connectivity index (χ1n) is 6.13. The molecule has 0 saturated heterocycles. The van der Waals surface area contributed by atoms with Crippen molar-refractivity contribution in [3.8, 4) is 0 Å². The molecule has 1 unspecified atom stereocenters. The Morgan fingerprint density at radius 1 is 1.31 bits per heavy atom. The van der Waals surface area contributed by atoms with Gasteiger partial charge in [-0.05, 0) is 42.5 Å². The van der Waals surface area contributed by atoms with Gasteiger partial charge in [0.15, 0.2) is 0 Å². The second-order valence-electron chi connectivity index (χ2n) is 3.99. The fourth-order valence-electron chi connectivity index (χ4n) is 1.90. The van der Waals surface area contributed by atoms with Crippen molar-refractivity contribution in [1.82, 2.24) is 5.32 Å². The Morgan fingerprint density at radius 2 is 2.12 bits per heavy atom. The number of aryl methyl sites for hydroxylation is 1. The van der Waals surface area contributed by atoms with Crippen molar-refractivity contribution in [1.29, 1.82) is 0 Å². The number of nitrogens with one attached hydrogen (secondary N) is 1. The maximum absolute atomic E-state index is 3.57. The average Bonchev–Trinajstić information content (AvgIpc) is 2.34. The van der Waals surface area contributed by atoms with E-state index in [1.807, 2.05) is 11.8 Å². The molecule has 0 saturated carbocycles. The molecular weight excluding hydrogens is 214 g/mol. The predicted octanol–water partition coefficient (Wildman–Crippen LogP) is 3.65. The summed E-state index contributed by atoms with van der Waals surface area (Å²) in [5.41, 5.74) is 2.87. The molecule has 0 bridgehead atoms. The molecule has 1 rings (SSSR count). The Morgan fingerprint density at radius 3 is 2.75 bits per heavy atom. The number of hydrogen-bond donors (Lipinski definition) is 1. The van der Waals surface area contributed by atoms with Crippen LogP contribution in [0.25, 0.3) is 0 Å². The smallest absolute Gasteiger partial charge is 0.0328 e. The lowest BCUT2D eigenvalue weighted by atomic mass is 10.0. The molecule has 0 radical (unpaired) electrons. The van der Waals surface area contributed by atoms with Gasteiger partial charge in [0.25, 0.3) is 0 Å². The molecule has 2 heteroatoms. The summed E-state index contributed by atoms with van der Waals surface area (Å²) < 4.78 is 0. The molecule has 1 atom stereocenters. The van der Waals surface area contributed by atoms with Gasteiger partial charge >= 0.3 is 0 Å². The minimum Gasteiger partial charge on any atom is -0.310 e. The minimum atomic E-state index is 0.518. The van der Waals surface area contributed by atoms with E-state index in [0.717, 1.165) is 13.0 Å². The van der Waals surface area contributed by atoms with Gasteiger partial charge < -0.3 is 5.32 Å². The van der Waals surface area contributed by atoms with Crippen LogP contribution in [0.3, 0.4) is 0 Å². The van der Waals surface area contributed by atoms with Crippen molar-refractivity contribution in [3.63, 3.8) is 0 Å². The molecule has 0 aliphatic carbocycles. The summed E-state index contributed by atoms with van der Waals surface area (Å²) in [6, 6.07) is 9.49. The third-order valence-corrected chi connectivity index (χ3v) is 3.47. The molecule has 0 aliphatic rings. The zero-order chi connectivity index (χ0) is 11.8. The highest BCUT2D eigenvalue weighted by Crippen LogP contribution is 2.20. The van der Waals surface area contributed by atoms with Crippen molar-refractivity contribution in [2.45, 2.75) is 32.7 Å². The fourth-order valence-corrected chi connectivity index (χ4v) is 2.37. The van der Waals surface area contributed by atoms with Gasteiger partial charge in [0, 0.05) is 6.04 Å². The van der Waals surface area contributed by atoms with Crippen LogP contribution in [0.15, 0.2) is 24.3 Å². The van der Waals surface area contributed by atoms with E-state index >= 15 is 0 Å². The van der Waals surface area contributed by atoms with Crippen LogP contribution in [0.5, 0.6) is 0 Å². The molecule has 0 aromatic heterocycles. The molecule has 16 heavy (non-hydrogen) atoms. The van der Waals surface area contributed by atoms with Crippen LogP contribution in [0.1, 0.15) is 37.4 Å². The van der Waals surface area contributed by atoms with Crippen LogP contribution in [0.2, 0.25) is 0 Å². The topological polar surface area (TPSA) is 12.0 Å². The lowest BCUT2D eigenvalue weighted by Gasteiger charge is -2.18. The van der Waals surface area contributed by atoms with Gasteiger partial charge in [0.05, 0.1) is 0 Å². The molecule has 0 spiro atoms. The van der Waals surface area contributed by atoms with E-state index in [4.69, 9.17) is 0 Å². The number of hydrogen-bond acceptors (Lipinski definition) is 2. The first kappa shape index (κ1) is 13.6. The van der Waals surface area contributed by atoms with E-state index in [1.165, 1.54) is 23.3 Å². The molecule has 1 nitrogen and oxygen atoms in total. The van der Waals surface area contributed by atoms with Gasteiger partial charge in [-0.25, -0.2) is 0 Å². The minimum absolute atomic E-state index is 0.518. The SMILES string of the molecule is CCNC(CCSC)c1cccc(CC)c1. The zero-order valence-corrected chi connectivity index (χ0v) is 11.4. The van der Waals surface area contributed by atoms with Crippen LogP contribution in [-0.2, 0) is 6.42 Å². The standard InChI is InChI=1S/C14H23NS/c1-4-12-7-6-8-13(11-12)14(15-5-2)9-10-16-3/h6-8,11,14-15H,4-5,9-10H2,1-3H3. The molecule has 1 aromatic rings. The van der Waals surface area contributed by atoms with Gasteiger partial charge in [-0.2, -0.15) is 11.8 Å². The lowest BCUT2D eigenvalue weighted by molar-refractivity contribution is 0.540. The highest BCUT2D eigenvalue weighted by molar-refractivity contribution is 7.98. The Labute approximate surface area is 104 Å². The van der Waals surface area contributed by atoms with Gasteiger partial charge in [0.2, 0.25) is 0 Å². The van der Waals surface area contributed by atoms with E-state index < -0.39 is 0 Å². The maximum atomic E-state index is 3.57. The second kappa shape index (κ2) is 7.75. The molecule has 1 N–H and O–H groups in total. The Bertz CT molecular complexity index is 299. The maximum Gasteiger partial charge on any atom is 0.0328 e. The van der Waals surface area contributed by atoms with Crippen LogP contribution in [0.4, 0.5) is 0 Å². The highest BCUT2D eigenvalue weighted by atomic mass is 32.2. The second-order valence-corrected chi connectivity index (χ2v) is 4.98. The summed E-state index contributed by atoms with van der Waals surface area (Å²) in [6.07, 6.45) is 4.50. The first-order valence-corrected chi connectivity index (χ1v) is 7.52. The summed E-state index contributed by atoms with van der Waals surface area (Å²) in [5.74, 6) is 1.22. The lowest BCUT2D eigenvalue weighted by Crippen LogP contribution is -2.21. The van der Waals surface area contributed by atoms with E-state index in [1.54, 1.807) is 0 Å². The van der Waals surface area contributed by atoms with Crippen molar-refractivity contribution in [2.24, 2.45) is 0 Å². The predicted molar refractivity (Wildman–Crippen MR) is 75.2 cm³/mol. The van der Waals surface area contributed by atoms with E-state index in [9.17, 15) is 0 Å². The third kappa shape index (κ3) is 4.18. The van der Waals surface area contributed by atoms with E-state index in [-0.39, 0.29) is 0 Å². The molecule has 0 amide bonds. The molecule has 0 aliphatic heterocycles. The fraction of sp³-hybridized carbons (Fsp3) is 0.571. The molecule has 0 heterocycles. The Balaban J connectivity index is 2.73. The number of benzene rings is 1. The van der Waals surface area contributed by atoms with E-state index in [0.29, 0.717) is 6.04 Å². The molecule has 0 fully saturated rings. The van der Waals surface area contributed by atoms with Gasteiger partial charge in [-0.3, -0.25) is 0 Å². The number of rotatable bonds is 7. The summed E-state index contributed by atoms with van der Waals surface area (Å²) >= 11 is 1.92. The van der Waals surface area contributed by atoms with Gasteiger partial charge in [0.1, 0.15) is 0 Å². The van der Waals surface area contributed by atoms with Gasteiger partial charge in [-0.15, -0.1) is 0 Å². The van der Waals surface area contributed by atoms with Crippen LogP contribution in [0, 0.1) is 0 Å². The third-order valence-electron chi connectivity index (χ3n) is 2.82. The number of thioether (sulfide) groups is 1. The van der Waals surface area contributed by atoms with Crippen molar-refractivity contribution in [3.05, 3.63) is 35.4 Å². The monoisotopic (exact) mass is 237 g/mol. The van der Waals surface area contributed by atoms with Crippen molar-refractivity contribution >= 4 is 11.8 Å². The quantitative estimate of drug-likeness (QED) is 0.777. The first-order chi connectivity index (χ1) is 7.81. The van der Waals surface area contributed by atoms with Crippen LogP contribution < -0.4 is 5.32 Å². The summed E-state index contributed by atoms with van der Waals surface area (Å²) in [5, 5.41) is 3.57. The average molecular weight is 237 g/mol. The van der Waals surface area contributed by atoms with Crippen molar-refractivity contribution < 1.29 is 0 Å². The largest absolute Gasteiger partial charge is 0.310 e. The van der Waals surface area contributed by atoms with E-state index in [2.05, 4.69) is 49.7 Å². The van der Waals surface area contributed by atoms with Crippen LogP contribution >= 0.6 is 11.8 Å². The highest BCUT2D eigenvalue weighted by Gasteiger charge is 2.09. The molecular formula is C14H23NS. The Kier molecular flexibility index (Phi) is 6.58. The molecule has 90 valence electrons. The van der Waals surface area contributed by atoms with Crippen LogP contribution in [-0.4, -0.2) is 18.6 Å². The van der Waals surface area contributed by atoms with Gasteiger partial charge in [-0.1, -0.05) is 38.1 Å².